The lowest BCUT2D eigenvalue weighted by Gasteiger charge is -2.15. The molecule has 1 aliphatic carbocycles. The highest BCUT2D eigenvalue weighted by atomic mass is 14.9. The third-order valence-electron chi connectivity index (χ3n) is 4.00. The third kappa shape index (κ3) is 3.57. The van der Waals surface area contributed by atoms with Gasteiger partial charge in [-0.05, 0) is 42.2 Å². The minimum Gasteiger partial charge on any atom is -0.312 e. The van der Waals surface area contributed by atoms with Crippen LogP contribution in [0.2, 0.25) is 0 Å². The lowest BCUT2D eigenvalue weighted by Crippen LogP contribution is -2.23. The SMILES string of the molecule is CCCC1(CNCc2ccc(CC)cc2)CC1. The molecule has 1 nitrogen and oxygen atoms in total. The minimum absolute atomic E-state index is 0.665. The monoisotopic (exact) mass is 231 g/mol. The van der Waals surface area contributed by atoms with Crippen molar-refractivity contribution >= 4 is 0 Å². The second-order valence-electron chi connectivity index (χ2n) is 5.52. The van der Waals surface area contributed by atoms with E-state index in [9.17, 15) is 0 Å². The Hall–Kier alpha value is -0.820. The molecule has 94 valence electrons. The number of rotatable bonds is 7. The van der Waals surface area contributed by atoms with E-state index in [1.165, 1.54) is 43.4 Å². The van der Waals surface area contributed by atoms with Gasteiger partial charge in [0.2, 0.25) is 0 Å². The molecule has 2 rings (SSSR count). The topological polar surface area (TPSA) is 12.0 Å². The van der Waals surface area contributed by atoms with Crippen LogP contribution in [0.25, 0.3) is 0 Å². The molecule has 1 aromatic rings. The van der Waals surface area contributed by atoms with Gasteiger partial charge in [-0.15, -0.1) is 0 Å². The van der Waals surface area contributed by atoms with E-state index < -0.39 is 0 Å². The second-order valence-corrected chi connectivity index (χ2v) is 5.52. The van der Waals surface area contributed by atoms with Crippen LogP contribution in [0.5, 0.6) is 0 Å². The molecule has 0 unspecified atom stereocenters. The molecule has 0 aliphatic heterocycles. The first-order chi connectivity index (χ1) is 8.28. The van der Waals surface area contributed by atoms with Crippen LogP contribution in [-0.4, -0.2) is 6.54 Å². The van der Waals surface area contributed by atoms with Gasteiger partial charge in [-0.3, -0.25) is 0 Å². The van der Waals surface area contributed by atoms with Gasteiger partial charge in [-0.1, -0.05) is 44.5 Å². The van der Waals surface area contributed by atoms with Gasteiger partial charge in [0.15, 0.2) is 0 Å². The normalized spacial score (nSPS) is 17.1. The van der Waals surface area contributed by atoms with Crippen LogP contribution < -0.4 is 5.32 Å². The predicted molar refractivity (Wildman–Crippen MR) is 74.1 cm³/mol. The highest BCUT2D eigenvalue weighted by molar-refractivity contribution is 5.22. The highest BCUT2D eigenvalue weighted by Crippen LogP contribution is 2.48. The molecule has 17 heavy (non-hydrogen) atoms. The first kappa shape index (κ1) is 12.6. The fourth-order valence-corrected chi connectivity index (χ4v) is 2.59. The molecule has 1 saturated carbocycles. The third-order valence-corrected chi connectivity index (χ3v) is 4.00. The fraction of sp³-hybridized carbons (Fsp3) is 0.625. The molecule has 0 radical (unpaired) electrons. The van der Waals surface area contributed by atoms with Crippen LogP contribution in [0, 0.1) is 5.41 Å². The van der Waals surface area contributed by atoms with Crippen LogP contribution in [0.4, 0.5) is 0 Å². The summed E-state index contributed by atoms with van der Waals surface area (Å²) < 4.78 is 0. The van der Waals surface area contributed by atoms with E-state index in [4.69, 9.17) is 0 Å². The minimum atomic E-state index is 0.665. The van der Waals surface area contributed by atoms with Crippen LogP contribution in [0.15, 0.2) is 24.3 Å². The lowest BCUT2D eigenvalue weighted by molar-refractivity contribution is 0.421. The van der Waals surface area contributed by atoms with Crippen LogP contribution in [-0.2, 0) is 13.0 Å². The summed E-state index contributed by atoms with van der Waals surface area (Å²) in [5, 5.41) is 3.63. The highest BCUT2D eigenvalue weighted by Gasteiger charge is 2.40. The zero-order chi connectivity index (χ0) is 12.1. The summed E-state index contributed by atoms with van der Waals surface area (Å²) >= 11 is 0. The number of benzene rings is 1. The van der Waals surface area contributed by atoms with Crippen molar-refractivity contribution in [3.05, 3.63) is 35.4 Å². The first-order valence-electron chi connectivity index (χ1n) is 7.06. The molecule has 0 aromatic heterocycles. The molecule has 0 saturated heterocycles. The van der Waals surface area contributed by atoms with Crippen molar-refractivity contribution in [2.24, 2.45) is 5.41 Å². The second kappa shape index (κ2) is 5.68. The first-order valence-corrected chi connectivity index (χ1v) is 7.06. The molecule has 0 heterocycles. The van der Waals surface area contributed by atoms with Crippen molar-refractivity contribution in [2.45, 2.75) is 52.5 Å². The lowest BCUT2D eigenvalue weighted by atomic mass is 10.0. The van der Waals surface area contributed by atoms with Crippen molar-refractivity contribution in [2.75, 3.05) is 6.54 Å². The number of aryl methyl sites for hydroxylation is 1. The quantitative estimate of drug-likeness (QED) is 0.750. The maximum atomic E-state index is 3.63. The van der Waals surface area contributed by atoms with Crippen molar-refractivity contribution in [3.8, 4) is 0 Å². The summed E-state index contributed by atoms with van der Waals surface area (Å²) in [5.74, 6) is 0. The Bertz CT molecular complexity index is 335. The summed E-state index contributed by atoms with van der Waals surface area (Å²) in [5.41, 5.74) is 3.51. The van der Waals surface area contributed by atoms with Gasteiger partial charge < -0.3 is 5.32 Å². The van der Waals surface area contributed by atoms with Gasteiger partial charge in [0.1, 0.15) is 0 Å². The number of nitrogens with one attached hydrogen (secondary N) is 1. The Morgan fingerprint density at radius 3 is 2.24 bits per heavy atom. The Kier molecular flexibility index (Phi) is 4.22. The fourth-order valence-electron chi connectivity index (χ4n) is 2.59. The van der Waals surface area contributed by atoms with Crippen molar-refractivity contribution in [1.82, 2.24) is 5.32 Å². The predicted octanol–water partition coefficient (Wildman–Crippen LogP) is 3.92. The molecular formula is C16H25N. The average molecular weight is 231 g/mol. The van der Waals surface area contributed by atoms with Crippen LogP contribution in [0.3, 0.4) is 0 Å². The van der Waals surface area contributed by atoms with Gasteiger partial charge >= 0.3 is 0 Å². The van der Waals surface area contributed by atoms with Gasteiger partial charge in [0.25, 0.3) is 0 Å². The molecule has 0 atom stereocenters. The molecule has 1 aliphatic rings. The molecule has 1 heteroatoms. The van der Waals surface area contributed by atoms with Crippen LogP contribution >= 0.6 is 0 Å². The molecular weight excluding hydrogens is 206 g/mol. The van der Waals surface area contributed by atoms with Gasteiger partial charge in [0, 0.05) is 13.1 Å². The van der Waals surface area contributed by atoms with Gasteiger partial charge in [-0.2, -0.15) is 0 Å². The van der Waals surface area contributed by atoms with Crippen molar-refractivity contribution in [1.29, 1.82) is 0 Å². The zero-order valence-electron chi connectivity index (χ0n) is 11.3. The summed E-state index contributed by atoms with van der Waals surface area (Å²) in [4.78, 5) is 0. The van der Waals surface area contributed by atoms with E-state index in [2.05, 4.69) is 43.4 Å². The zero-order valence-corrected chi connectivity index (χ0v) is 11.3. The molecule has 1 fully saturated rings. The van der Waals surface area contributed by atoms with E-state index in [1.54, 1.807) is 0 Å². The van der Waals surface area contributed by atoms with Gasteiger partial charge in [0.05, 0.1) is 0 Å². The van der Waals surface area contributed by atoms with E-state index in [0.717, 1.165) is 13.0 Å². The van der Waals surface area contributed by atoms with E-state index in [1.807, 2.05) is 0 Å². The average Bonchev–Trinajstić information content (AvgIpc) is 3.11. The summed E-state index contributed by atoms with van der Waals surface area (Å²) in [6.45, 7) is 6.73. The maximum absolute atomic E-state index is 3.63. The summed E-state index contributed by atoms with van der Waals surface area (Å²) in [7, 11) is 0. The molecule has 0 spiro atoms. The van der Waals surface area contributed by atoms with Gasteiger partial charge in [-0.25, -0.2) is 0 Å². The Balaban J connectivity index is 1.74. The Morgan fingerprint density at radius 2 is 1.71 bits per heavy atom. The van der Waals surface area contributed by atoms with Crippen LogP contribution in [0.1, 0.15) is 50.7 Å². The molecule has 1 aromatic carbocycles. The molecule has 1 N–H and O–H groups in total. The largest absolute Gasteiger partial charge is 0.312 e. The standard InChI is InChI=1S/C16H25N/c1-3-9-16(10-11-16)13-17-12-15-7-5-14(4-2)6-8-15/h5-8,17H,3-4,9-13H2,1-2H3. The molecule has 0 bridgehead atoms. The van der Waals surface area contributed by atoms with E-state index >= 15 is 0 Å². The Morgan fingerprint density at radius 1 is 1.06 bits per heavy atom. The van der Waals surface area contributed by atoms with E-state index in [-0.39, 0.29) is 0 Å². The maximum Gasteiger partial charge on any atom is 0.0205 e. The smallest absolute Gasteiger partial charge is 0.0205 e. The van der Waals surface area contributed by atoms with Crippen molar-refractivity contribution < 1.29 is 0 Å². The van der Waals surface area contributed by atoms with E-state index in [0.29, 0.717) is 5.41 Å². The summed E-state index contributed by atoms with van der Waals surface area (Å²) in [6.07, 6.45) is 6.72. The molecule has 0 amide bonds. The summed E-state index contributed by atoms with van der Waals surface area (Å²) in [6, 6.07) is 9.00. The number of hydrogen-bond acceptors (Lipinski definition) is 1. The Labute approximate surface area is 106 Å². The van der Waals surface area contributed by atoms with Crippen molar-refractivity contribution in [3.63, 3.8) is 0 Å². The number of hydrogen-bond donors (Lipinski definition) is 1.